The summed E-state index contributed by atoms with van der Waals surface area (Å²) >= 11 is 3.48. The average Bonchev–Trinajstić information content (AvgIpc) is 2.46. The van der Waals surface area contributed by atoms with E-state index < -0.39 is 0 Å². The van der Waals surface area contributed by atoms with Crippen LogP contribution in [0.2, 0.25) is 0 Å². The second-order valence-corrected chi connectivity index (χ2v) is 5.30. The highest BCUT2D eigenvalue weighted by Gasteiger charge is 2.23. The highest BCUT2D eigenvalue weighted by Crippen LogP contribution is 2.19. The van der Waals surface area contributed by atoms with Crippen molar-refractivity contribution in [3.63, 3.8) is 0 Å². The maximum absolute atomic E-state index is 11.9. The Bertz CT molecular complexity index is 383. The summed E-state index contributed by atoms with van der Waals surface area (Å²) in [6.07, 6.45) is 2.06. The number of benzene rings is 1. The van der Waals surface area contributed by atoms with E-state index in [1.165, 1.54) is 6.42 Å². The fourth-order valence-electron chi connectivity index (χ4n) is 2.17. The molecule has 0 radical (unpaired) electrons. The molecule has 1 aromatic carbocycles. The third-order valence-corrected chi connectivity index (χ3v) is 4.12. The van der Waals surface area contributed by atoms with Gasteiger partial charge in [0.25, 0.3) is 0 Å². The Morgan fingerprint density at radius 2 is 2.17 bits per heavy atom. The Kier molecular flexibility index (Phi) is 5.05. The third-order valence-electron chi connectivity index (χ3n) is 3.20. The smallest absolute Gasteiger partial charge is 0.410 e. The molecule has 1 fully saturated rings. The molecule has 1 saturated heterocycles. The number of nitrogens with zero attached hydrogens (tertiary/aromatic N) is 1. The SMILES string of the molecule is O=C(OCc1ccccc1)N1CCCC(CBr)C1. The summed E-state index contributed by atoms with van der Waals surface area (Å²) in [6.45, 7) is 1.98. The number of hydrogen-bond donors (Lipinski definition) is 0. The van der Waals surface area contributed by atoms with Gasteiger partial charge in [-0.1, -0.05) is 46.3 Å². The van der Waals surface area contributed by atoms with Gasteiger partial charge in [-0.2, -0.15) is 0 Å². The summed E-state index contributed by atoms with van der Waals surface area (Å²) in [4.78, 5) is 13.7. The minimum Gasteiger partial charge on any atom is -0.445 e. The van der Waals surface area contributed by atoms with Crippen LogP contribution in [0, 0.1) is 5.92 Å². The van der Waals surface area contributed by atoms with Gasteiger partial charge in [-0.25, -0.2) is 4.79 Å². The van der Waals surface area contributed by atoms with Gasteiger partial charge in [-0.15, -0.1) is 0 Å². The number of carbonyl (C=O) groups excluding carboxylic acids is 1. The minimum atomic E-state index is -0.190. The molecule has 3 nitrogen and oxygen atoms in total. The predicted octanol–water partition coefficient (Wildman–Crippen LogP) is 3.43. The maximum atomic E-state index is 11.9. The summed E-state index contributed by atoms with van der Waals surface area (Å²) in [5, 5.41) is 0.954. The number of hydrogen-bond acceptors (Lipinski definition) is 2. The summed E-state index contributed by atoms with van der Waals surface area (Å²) in [5.41, 5.74) is 1.03. The summed E-state index contributed by atoms with van der Waals surface area (Å²) in [7, 11) is 0. The van der Waals surface area contributed by atoms with Crippen molar-refractivity contribution in [2.75, 3.05) is 18.4 Å². The highest BCUT2D eigenvalue weighted by atomic mass is 79.9. The Balaban J connectivity index is 1.81. The lowest BCUT2D eigenvalue weighted by atomic mass is 10.0. The zero-order chi connectivity index (χ0) is 12.8. The van der Waals surface area contributed by atoms with Crippen molar-refractivity contribution in [3.8, 4) is 0 Å². The van der Waals surface area contributed by atoms with Crippen LogP contribution in [0.1, 0.15) is 18.4 Å². The first-order valence-electron chi connectivity index (χ1n) is 6.31. The molecule has 1 atom stereocenters. The fourth-order valence-corrected chi connectivity index (χ4v) is 2.70. The molecule has 1 aliphatic rings. The Labute approximate surface area is 116 Å². The van der Waals surface area contributed by atoms with Gasteiger partial charge in [0.1, 0.15) is 6.61 Å². The van der Waals surface area contributed by atoms with Crippen molar-refractivity contribution in [2.45, 2.75) is 19.4 Å². The number of piperidine rings is 1. The summed E-state index contributed by atoms with van der Waals surface area (Å²) in [6, 6.07) is 9.78. The van der Waals surface area contributed by atoms with Gasteiger partial charge in [0.05, 0.1) is 0 Å². The Morgan fingerprint density at radius 3 is 2.89 bits per heavy atom. The van der Waals surface area contributed by atoms with Crippen LogP contribution >= 0.6 is 15.9 Å². The standard InChI is InChI=1S/C14H18BrNO2/c15-9-13-7-4-8-16(10-13)14(17)18-11-12-5-2-1-3-6-12/h1-3,5-6,13H,4,7-11H2. The van der Waals surface area contributed by atoms with Crippen molar-refractivity contribution in [1.82, 2.24) is 4.90 Å². The minimum absolute atomic E-state index is 0.190. The molecule has 18 heavy (non-hydrogen) atoms. The lowest BCUT2D eigenvalue weighted by Crippen LogP contribution is -2.40. The Hall–Kier alpha value is -1.03. The van der Waals surface area contributed by atoms with E-state index in [1.54, 1.807) is 0 Å². The van der Waals surface area contributed by atoms with E-state index >= 15 is 0 Å². The maximum Gasteiger partial charge on any atom is 0.410 e. The molecular weight excluding hydrogens is 294 g/mol. The van der Waals surface area contributed by atoms with E-state index in [0.717, 1.165) is 30.4 Å². The topological polar surface area (TPSA) is 29.5 Å². The van der Waals surface area contributed by atoms with E-state index in [2.05, 4.69) is 15.9 Å². The largest absolute Gasteiger partial charge is 0.445 e. The zero-order valence-electron chi connectivity index (χ0n) is 10.3. The van der Waals surface area contributed by atoms with Gasteiger partial charge in [-0.3, -0.25) is 0 Å². The first-order valence-corrected chi connectivity index (χ1v) is 7.43. The van der Waals surface area contributed by atoms with Gasteiger partial charge in [-0.05, 0) is 24.3 Å². The second-order valence-electron chi connectivity index (χ2n) is 4.65. The number of ether oxygens (including phenoxy) is 1. The fraction of sp³-hybridized carbons (Fsp3) is 0.500. The highest BCUT2D eigenvalue weighted by molar-refractivity contribution is 9.09. The first-order chi connectivity index (χ1) is 8.79. The lowest BCUT2D eigenvalue weighted by molar-refractivity contribution is 0.0816. The number of halogens is 1. The molecule has 4 heteroatoms. The van der Waals surface area contributed by atoms with Gasteiger partial charge < -0.3 is 9.64 Å². The molecule has 2 rings (SSSR count). The van der Waals surface area contributed by atoms with Gasteiger partial charge in [0, 0.05) is 18.4 Å². The molecule has 0 spiro atoms. The van der Waals surface area contributed by atoms with E-state index in [9.17, 15) is 4.79 Å². The quantitative estimate of drug-likeness (QED) is 0.800. The van der Waals surface area contributed by atoms with Crippen LogP contribution in [-0.4, -0.2) is 29.4 Å². The molecule has 0 N–H and O–H groups in total. The summed E-state index contributed by atoms with van der Waals surface area (Å²) < 4.78 is 5.33. The van der Waals surface area contributed by atoms with Crippen LogP contribution in [0.5, 0.6) is 0 Å². The molecule has 1 aliphatic heterocycles. The lowest BCUT2D eigenvalue weighted by Gasteiger charge is -2.31. The van der Waals surface area contributed by atoms with Crippen molar-refractivity contribution in [1.29, 1.82) is 0 Å². The van der Waals surface area contributed by atoms with Crippen LogP contribution in [0.4, 0.5) is 4.79 Å². The second kappa shape index (κ2) is 6.78. The monoisotopic (exact) mass is 311 g/mol. The van der Waals surface area contributed by atoms with Crippen molar-refractivity contribution in [3.05, 3.63) is 35.9 Å². The number of likely N-dealkylation sites (tertiary alicyclic amines) is 1. The van der Waals surface area contributed by atoms with Crippen molar-refractivity contribution in [2.24, 2.45) is 5.92 Å². The van der Waals surface area contributed by atoms with E-state index in [4.69, 9.17) is 4.74 Å². The molecule has 0 aliphatic carbocycles. The number of carbonyl (C=O) groups is 1. The molecular formula is C14H18BrNO2. The first kappa shape index (κ1) is 13.4. The molecule has 0 aromatic heterocycles. The molecule has 0 bridgehead atoms. The van der Waals surface area contributed by atoms with E-state index in [-0.39, 0.29) is 6.09 Å². The molecule has 0 saturated carbocycles. The van der Waals surface area contributed by atoms with Crippen LogP contribution in [0.3, 0.4) is 0 Å². The summed E-state index contributed by atoms with van der Waals surface area (Å²) in [5.74, 6) is 0.558. The van der Waals surface area contributed by atoms with Gasteiger partial charge in [0.15, 0.2) is 0 Å². The normalized spacial score (nSPS) is 19.6. The number of rotatable bonds is 3. The molecule has 1 heterocycles. The average molecular weight is 312 g/mol. The van der Waals surface area contributed by atoms with Crippen LogP contribution in [0.25, 0.3) is 0 Å². The molecule has 1 aromatic rings. The molecule has 1 unspecified atom stereocenters. The van der Waals surface area contributed by atoms with Crippen LogP contribution in [-0.2, 0) is 11.3 Å². The number of alkyl halides is 1. The third kappa shape index (κ3) is 3.73. The van der Waals surface area contributed by atoms with Gasteiger partial charge >= 0.3 is 6.09 Å². The number of amides is 1. The van der Waals surface area contributed by atoms with E-state index in [0.29, 0.717) is 12.5 Å². The van der Waals surface area contributed by atoms with Crippen LogP contribution < -0.4 is 0 Å². The van der Waals surface area contributed by atoms with Crippen molar-refractivity contribution < 1.29 is 9.53 Å². The van der Waals surface area contributed by atoms with Gasteiger partial charge in [0.2, 0.25) is 0 Å². The molecule has 1 amide bonds. The molecule has 98 valence electrons. The Morgan fingerprint density at radius 1 is 1.39 bits per heavy atom. The van der Waals surface area contributed by atoms with Crippen molar-refractivity contribution >= 4 is 22.0 Å². The zero-order valence-corrected chi connectivity index (χ0v) is 11.9. The van der Waals surface area contributed by atoms with E-state index in [1.807, 2.05) is 35.2 Å². The predicted molar refractivity (Wildman–Crippen MR) is 74.7 cm³/mol. The van der Waals surface area contributed by atoms with Crippen LogP contribution in [0.15, 0.2) is 30.3 Å².